The summed E-state index contributed by atoms with van der Waals surface area (Å²) in [6.45, 7) is 6.18. The molecule has 1 atom stereocenters. The van der Waals surface area contributed by atoms with Crippen LogP contribution in [0.1, 0.15) is 60.1 Å². The van der Waals surface area contributed by atoms with Gasteiger partial charge in [-0.2, -0.15) is 0 Å². The van der Waals surface area contributed by atoms with Crippen molar-refractivity contribution in [1.82, 2.24) is 9.62 Å². The SMILES string of the molecule is C[C@@H](c1cc(Cl)cc(Cl)c1)N1CC(C)(COc2cc(F)c(C(=O)NS(C)(=O)=O)cc2C2CC2)C1. The number of hydrogen-bond acceptors (Lipinski definition) is 5. The molecule has 0 radical (unpaired) electrons. The van der Waals surface area contributed by atoms with E-state index in [0.29, 0.717) is 22.4 Å². The van der Waals surface area contributed by atoms with Crippen LogP contribution in [0.3, 0.4) is 0 Å². The van der Waals surface area contributed by atoms with Crippen LogP contribution in [0.2, 0.25) is 10.0 Å². The number of carbonyl (C=O) groups is 1. The highest BCUT2D eigenvalue weighted by Gasteiger charge is 2.42. The average molecular weight is 529 g/mol. The molecule has 0 aromatic heterocycles. The Morgan fingerprint density at radius 2 is 1.82 bits per heavy atom. The molecule has 10 heteroatoms. The van der Waals surface area contributed by atoms with Gasteiger partial charge in [-0.25, -0.2) is 17.5 Å². The van der Waals surface area contributed by atoms with Crippen LogP contribution in [0, 0.1) is 11.2 Å². The summed E-state index contributed by atoms with van der Waals surface area (Å²) in [4.78, 5) is 14.5. The molecule has 4 rings (SSSR count). The molecule has 1 saturated carbocycles. The minimum absolute atomic E-state index is 0.125. The molecule has 1 heterocycles. The molecule has 0 spiro atoms. The van der Waals surface area contributed by atoms with Gasteiger partial charge in [0.2, 0.25) is 10.0 Å². The van der Waals surface area contributed by atoms with Crippen molar-refractivity contribution in [3.8, 4) is 5.75 Å². The lowest BCUT2D eigenvalue weighted by atomic mass is 9.81. The Bertz CT molecular complexity index is 1210. The molecule has 6 nitrogen and oxygen atoms in total. The monoisotopic (exact) mass is 528 g/mol. The Morgan fingerprint density at radius 1 is 1.21 bits per heavy atom. The number of carbonyl (C=O) groups excluding carboxylic acids is 1. The fourth-order valence-corrected chi connectivity index (χ4v) is 5.38. The van der Waals surface area contributed by atoms with Crippen molar-refractivity contribution in [3.05, 3.63) is 62.9 Å². The van der Waals surface area contributed by atoms with E-state index in [1.54, 1.807) is 6.07 Å². The van der Waals surface area contributed by atoms with Gasteiger partial charge in [0.25, 0.3) is 5.91 Å². The summed E-state index contributed by atoms with van der Waals surface area (Å²) in [5, 5.41) is 1.20. The fraction of sp³-hybridized carbons (Fsp3) is 0.458. The number of likely N-dealkylation sites (tertiary alicyclic amines) is 1. The molecule has 1 N–H and O–H groups in total. The van der Waals surface area contributed by atoms with Crippen molar-refractivity contribution in [2.45, 2.75) is 38.6 Å². The standard InChI is InChI=1S/C24H27Cl2FN2O4S/c1-14(16-6-17(25)8-18(26)7-16)29-11-24(2,12-29)13-33-22-10-21(27)20(9-19(22)15-4-5-15)23(30)28-34(3,31)32/h6-10,14-15H,4-5,11-13H2,1-3H3,(H,28,30)/t14-/m0/s1. The van der Waals surface area contributed by atoms with Gasteiger partial charge in [0.05, 0.1) is 18.4 Å². The number of sulfonamides is 1. The summed E-state index contributed by atoms with van der Waals surface area (Å²) in [6, 6.07) is 8.29. The van der Waals surface area contributed by atoms with Gasteiger partial charge in [-0.3, -0.25) is 9.69 Å². The fourth-order valence-electron chi connectivity index (χ4n) is 4.39. The first kappa shape index (κ1) is 25.2. The number of benzene rings is 2. The molecule has 2 aromatic rings. The maximum atomic E-state index is 14.7. The first-order valence-corrected chi connectivity index (χ1v) is 13.7. The van der Waals surface area contributed by atoms with Gasteiger partial charge in [-0.1, -0.05) is 30.1 Å². The highest BCUT2D eigenvalue weighted by Crippen LogP contribution is 2.46. The minimum Gasteiger partial charge on any atom is -0.493 e. The second-order valence-corrected chi connectivity index (χ2v) is 12.4. The molecule has 1 saturated heterocycles. The Morgan fingerprint density at radius 3 is 2.38 bits per heavy atom. The third kappa shape index (κ3) is 5.85. The van der Waals surface area contributed by atoms with Crippen LogP contribution < -0.4 is 9.46 Å². The minimum atomic E-state index is -3.80. The van der Waals surface area contributed by atoms with Gasteiger partial charge in [-0.15, -0.1) is 0 Å². The summed E-state index contributed by atoms with van der Waals surface area (Å²) in [7, 11) is -3.80. The normalized spacial score (nSPS) is 18.8. The van der Waals surface area contributed by atoms with E-state index in [1.807, 2.05) is 16.9 Å². The van der Waals surface area contributed by atoms with Crippen molar-refractivity contribution in [2.24, 2.45) is 5.41 Å². The molecular formula is C24H27Cl2FN2O4S. The quantitative estimate of drug-likeness (QED) is 0.511. The van der Waals surface area contributed by atoms with Crippen LogP contribution in [-0.4, -0.2) is 45.2 Å². The summed E-state index contributed by atoms with van der Waals surface area (Å²) in [5.74, 6) is -1.21. The Hall–Kier alpha value is -1.87. The molecule has 184 valence electrons. The first-order chi connectivity index (χ1) is 15.8. The molecule has 1 amide bonds. The topological polar surface area (TPSA) is 75.7 Å². The van der Waals surface area contributed by atoms with Crippen LogP contribution >= 0.6 is 23.2 Å². The van der Waals surface area contributed by atoms with E-state index < -0.39 is 21.7 Å². The second kappa shape index (κ2) is 9.30. The van der Waals surface area contributed by atoms with E-state index in [0.717, 1.165) is 43.3 Å². The smallest absolute Gasteiger partial charge is 0.267 e. The van der Waals surface area contributed by atoms with Crippen LogP contribution in [0.15, 0.2) is 30.3 Å². The molecule has 34 heavy (non-hydrogen) atoms. The van der Waals surface area contributed by atoms with Gasteiger partial charge < -0.3 is 4.74 Å². The molecule has 2 fully saturated rings. The molecule has 0 bridgehead atoms. The number of nitrogens with one attached hydrogen (secondary N) is 1. The van der Waals surface area contributed by atoms with Crippen LogP contribution in [-0.2, 0) is 10.0 Å². The van der Waals surface area contributed by atoms with E-state index in [-0.39, 0.29) is 22.9 Å². The predicted molar refractivity (Wildman–Crippen MR) is 131 cm³/mol. The summed E-state index contributed by atoms with van der Waals surface area (Å²) in [6.07, 6.45) is 2.69. The summed E-state index contributed by atoms with van der Waals surface area (Å²) >= 11 is 12.3. The lowest BCUT2D eigenvalue weighted by Crippen LogP contribution is -2.57. The van der Waals surface area contributed by atoms with E-state index in [4.69, 9.17) is 27.9 Å². The van der Waals surface area contributed by atoms with Crippen molar-refractivity contribution in [3.63, 3.8) is 0 Å². The van der Waals surface area contributed by atoms with Crippen LogP contribution in [0.25, 0.3) is 0 Å². The number of halogens is 3. The lowest BCUT2D eigenvalue weighted by molar-refractivity contribution is -0.0429. The van der Waals surface area contributed by atoms with E-state index in [2.05, 4.69) is 18.7 Å². The third-order valence-electron chi connectivity index (χ3n) is 6.30. The average Bonchev–Trinajstić information content (AvgIpc) is 3.52. The van der Waals surface area contributed by atoms with Crippen molar-refractivity contribution < 1.29 is 22.3 Å². The first-order valence-electron chi connectivity index (χ1n) is 11.0. The number of nitrogens with zero attached hydrogens (tertiary/aromatic N) is 1. The number of amides is 1. The third-order valence-corrected chi connectivity index (χ3v) is 7.29. The van der Waals surface area contributed by atoms with Gasteiger partial charge in [-0.05, 0) is 61.1 Å². The largest absolute Gasteiger partial charge is 0.493 e. The van der Waals surface area contributed by atoms with E-state index in [9.17, 15) is 17.6 Å². The Labute approximate surface area is 209 Å². The number of hydrogen-bond donors (Lipinski definition) is 1. The molecule has 1 aliphatic heterocycles. The second-order valence-electron chi connectivity index (χ2n) is 9.73. The van der Waals surface area contributed by atoms with Gasteiger partial charge in [0.1, 0.15) is 11.6 Å². The highest BCUT2D eigenvalue weighted by molar-refractivity contribution is 7.89. The zero-order valence-corrected chi connectivity index (χ0v) is 21.5. The molecular weight excluding hydrogens is 502 g/mol. The van der Waals surface area contributed by atoms with Crippen LogP contribution in [0.5, 0.6) is 5.75 Å². The Kier molecular flexibility index (Phi) is 6.90. The molecule has 2 aliphatic rings. The summed E-state index contributed by atoms with van der Waals surface area (Å²) in [5.41, 5.74) is 1.36. The van der Waals surface area contributed by atoms with Gasteiger partial charge >= 0.3 is 0 Å². The molecule has 0 unspecified atom stereocenters. The van der Waals surface area contributed by atoms with Crippen molar-refractivity contribution >= 4 is 39.1 Å². The van der Waals surface area contributed by atoms with Crippen molar-refractivity contribution in [1.29, 1.82) is 0 Å². The number of ether oxygens (including phenoxy) is 1. The van der Waals surface area contributed by atoms with Crippen molar-refractivity contribution in [2.75, 3.05) is 26.0 Å². The lowest BCUT2D eigenvalue weighted by Gasteiger charge is -2.50. The van der Waals surface area contributed by atoms with E-state index >= 15 is 0 Å². The predicted octanol–water partition coefficient (Wildman–Crippen LogP) is 5.16. The maximum absolute atomic E-state index is 14.7. The van der Waals surface area contributed by atoms with Crippen LogP contribution in [0.4, 0.5) is 4.39 Å². The Balaban J connectivity index is 1.43. The molecule has 2 aromatic carbocycles. The van der Waals surface area contributed by atoms with Gasteiger partial charge in [0.15, 0.2) is 0 Å². The molecule has 1 aliphatic carbocycles. The van der Waals surface area contributed by atoms with Gasteiger partial charge in [0, 0.05) is 40.7 Å². The zero-order valence-electron chi connectivity index (χ0n) is 19.2. The maximum Gasteiger partial charge on any atom is 0.267 e. The zero-order chi connectivity index (χ0) is 24.8. The van der Waals surface area contributed by atoms with E-state index in [1.165, 1.54) is 12.1 Å². The highest BCUT2D eigenvalue weighted by atomic mass is 35.5. The summed E-state index contributed by atoms with van der Waals surface area (Å²) < 4.78 is 45.4. The number of rotatable bonds is 8.